The lowest BCUT2D eigenvalue weighted by atomic mass is 10.1. The molecule has 0 atom stereocenters. The number of aromatic nitrogens is 1. The zero-order valence-electron chi connectivity index (χ0n) is 19.3. The van der Waals surface area contributed by atoms with Crippen molar-refractivity contribution in [3.63, 3.8) is 0 Å². The van der Waals surface area contributed by atoms with Crippen molar-refractivity contribution in [1.29, 1.82) is 0 Å². The van der Waals surface area contributed by atoms with Gasteiger partial charge in [0.25, 0.3) is 0 Å². The molecule has 0 aliphatic heterocycles. The first-order valence-corrected chi connectivity index (χ1v) is 11.8. The average Bonchev–Trinajstić information content (AvgIpc) is 3.41. The molecular weight excluding hydrogens is 412 g/mol. The second-order valence-corrected chi connectivity index (χ2v) is 8.57. The molecule has 0 spiro atoms. The number of benzene rings is 2. The molecule has 4 rings (SSSR count). The smallest absolute Gasteiger partial charge is 0.225 e. The minimum Gasteiger partial charge on any atom is -0.493 e. The van der Waals surface area contributed by atoms with Crippen LogP contribution in [0.1, 0.15) is 42.5 Å². The second-order valence-electron chi connectivity index (χ2n) is 8.57. The monoisotopic (exact) mass is 444 g/mol. The first kappa shape index (κ1) is 22.8. The van der Waals surface area contributed by atoms with Crippen LogP contribution in [0.5, 0.6) is 11.5 Å². The topological polar surface area (TPSA) is 51.7 Å². The molecule has 3 aromatic rings. The maximum Gasteiger partial charge on any atom is 0.225 e. The zero-order valence-corrected chi connectivity index (χ0v) is 19.3. The Labute approximate surface area is 196 Å². The number of hydrogen-bond acceptors (Lipinski definition) is 4. The molecule has 0 bridgehead atoms. The number of pyridine rings is 1. The Morgan fingerprint density at radius 2 is 1.76 bits per heavy atom. The maximum absolute atomic E-state index is 13.3. The van der Waals surface area contributed by atoms with E-state index in [1.165, 1.54) is 0 Å². The van der Waals surface area contributed by atoms with Crippen LogP contribution in [0.3, 0.4) is 0 Å². The summed E-state index contributed by atoms with van der Waals surface area (Å²) in [4.78, 5) is 19.7. The van der Waals surface area contributed by atoms with E-state index in [9.17, 15) is 4.79 Å². The van der Waals surface area contributed by atoms with E-state index in [1.54, 1.807) is 13.3 Å². The van der Waals surface area contributed by atoms with Crippen LogP contribution in [0.25, 0.3) is 0 Å². The van der Waals surface area contributed by atoms with Crippen LogP contribution < -0.4 is 9.47 Å². The van der Waals surface area contributed by atoms with Gasteiger partial charge in [0.05, 0.1) is 7.11 Å². The van der Waals surface area contributed by atoms with Crippen molar-refractivity contribution in [2.75, 3.05) is 13.7 Å². The molecule has 1 aromatic heterocycles. The Balaban J connectivity index is 1.46. The third-order valence-corrected chi connectivity index (χ3v) is 6.22. The van der Waals surface area contributed by atoms with Gasteiger partial charge in [0.1, 0.15) is 6.61 Å². The van der Waals surface area contributed by atoms with Gasteiger partial charge in [0.2, 0.25) is 5.91 Å². The van der Waals surface area contributed by atoms with E-state index in [4.69, 9.17) is 9.47 Å². The van der Waals surface area contributed by atoms with Crippen LogP contribution in [0.15, 0.2) is 72.9 Å². The maximum atomic E-state index is 13.3. The summed E-state index contributed by atoms with van der Waals surface area (Å²) in [5, 5.41) is 0. The van der Waals surface area contributed by atoms with Crippen molar-refractivity contribution < 1.29 is 14.3 Å². The highest BCUT2D eigenvalue weighted by atomic mass is 16.5. The fourth-order valence-electron chi connectivity index (χ4n) is 4.38. The highest BCUT2D eigenvalue weighted by molar-refractivity contribution is 5.79. The molecule has 0 N–H and O–H groups in total. The van der Waals surface area contributed by atoms with E-state index < -0.39 is 0 Å². The highest BCUT2D eigenvalue weighted by Gasteiger charge is 2.27. The summed E-state index contributed by atoms with van der Waals surface area (Å²) in [7, 11) is 1.65. The van der Waals surface area contributed by atoms with Crippen molar-refractivity contribution in [1.82, 2.24) is 9.88 Å². The van der Waals surface area contributed by atoms with Gasteiger partial charge >= 0.3 is 0 Å². The molecule has 1 aliphatic rings. The first-order chi connectivity index (χ1) is 16.2. The van der Waals surface area contributed by atoms with Crippen molar-refractivity contribution in [3.8, 4) is 11.5 Å². The predicted molar refractivity (Wildman–Crippen MR) is 129 cm³/mol. The third-order valence-electron chi connectivity index (χ3n) is 6.22. The number of methoxy groups -OCH3 is 1. The zero-order chi connectivity index (χ0) is 22.9. The first-order valence-electron chi connectivity index (χ1n) is 11.8. The number of carbonyl (C=O) groups excluding carboxylic acids is 1. The standard InChI is InChI=1S/C28H32N2O3/c1-32-27-19-23(14-15-26(27)33-21-22-9-3-2-4-10-22)20-30(28(31)24-11-5-6-12-24)18-16-25-13-7-8-17-29-25/h2-4,7-10,13-15,17,19,24H,5-6,11-12,16,18,20-21H2,1H3. The molecular formula is C28H32N2O3. The van der Waals surface area contributed by atoms with Crippen molar-refractivity contribution in [2.45, 2.75) is 45.3 Å². The molecule has 5 nitrogen and oxygen atoms in total. The molecule has 5 heteroatoms. The van der Waals surface area contributed by atoms with Gasteiger partial charge in [-0.1, -0.05) is 55.3 Å². The number of amides is 1. The summed E-state index contributed by atoms with van der Waals surface area (Å²) >= 11 is 0. The molecule has 1 saturated carbocycles. The van der Waals surface area contributed by atoms with E-state index in [0.29, 0.717) is 31.2 Å². The van der Waals surface area contributed by atoms with Gasteiger partial charge < -0.3 is 14.4 Å². The molecule has 0 unspecified atom stereocenters. The Bertz CT molecular complexity index is 1020. The number of ether oxygens (including phenoxy) is 2. The van der Waals surface area contributed by atoms with Gasteiger partial charge in [-0.05, 0) is 48.2 Å². The molecule has 0 radical (unpaired) electrons. The van der Waals surface area contributed by atoms with Crippen LogP contribution in [-0.2, 0) is 24.4 Å². The van der Waals surface area contributed by atoms with Crippen molar-refractivity contribution in [2.24, 2.45) is 5.92 Å². The van der Waals surface area contributed by atoms with E-state index in [0.717, 1.165) is 48.9 Å². The van der Waals surface area contributed by atoms with Crippen molar-refractivity contribution in [3.05, 3.63) is 89.7 Å². The summed E-state index contributed by atoms with van der Waals surface area (Å²) in [6, 6.07) is 21.9. The largest absolute Gasteiger partial charge is 0.493 e. The van der Waals surface area contributed by atoms with Gasteiger partial charge in [-0.3, -0.25) is 9.78 Å². The van der Waals surface area contributed by atoms with Gasteiger partial charge in [0.15, 0.2) is 11.5 Å². The number of carbonyl (C=O) groups is 1. The van der Waals surface area contributed by atoms with Crippen LogP contribution in [-0.4, -0.2) is 29.4 Å². The van der Waals surface area contributed by atoms with Crippen LogP contribution in [0.4, 0.5) is 0 Å². The molecule has 1 fully saturated rings. The Hall–Kier alpha value is -3.34. The minimum absolute atomic E-state index is 0.143. The minimum atomic E-state index is 0.143. The predicted octanol–water partition coefficient (Wildman–Crippen LogP) is 5.43. The lowest BCUT2D eigenvalue weighted by molar-refractivity contribution is -0.136. The number of nitrogens with zero attached hydrogens (tertiary/aromatic N) is 2. The Kier molecular flexibility index (Phi) is 7.96. The second kappa shape index (κ2) is 11.5. The normalized spacial score (nSPS) is 13.6. The van der Waals surface area contributed by atoms with Crippen molar-refractivity contribution >= 4 is 5.91 Å². The number of hydrogen-bond donors (Lipinski definition) is 0. The van der Waals surface area contributed by atoms with Crippen LogP contribution in [0, 0.1) is 5.92 Å². The highest BCUT2D eigenvalue weighted by Crippen LogP contribution is 2.31. The molecule has 1 heterocycles. The van der Waals surface area contributed by atoms with E-state index in [2.05, 4.69) is 4.98 Å². The average molecular weight is 445 g/mol. The molecule has 172 valence electrons. The van der Waals surface area contributed by atoms with E-state index in [1.807, 2.05) is 71.6 Å². The quantitative estimate of drug-likeness (QED) is 0.418. The summed E-state index contributed by atoms with van der Waals surface area (Å²) in [5.41, 5.74) is 3.14. The Morgan fingerprint density at radius 1 is 0.970 bits per heavy atom. The molecule has 0 saturated heterocycles. The molecule has 1 aliphatic carbocycles. The fourth-order valence-corrected chi connectivity index (χ4v) is 4.38. The number of rotatable bonds is 10. The summed E-state index contributed by atoms with van der Waals surface area (Å²) in [5.74, 6) is 1.78. The van der Waals surface area contributed by atoms with Crippen LogP contribution >= 0.6 is 0 Å². The van der Waals surface area contributed by atoms with Gasteiger partial charge in [0, 0.05) is 37.3 Å². The SMILES string of the molecule is COc1cc(CN(CCc2ccccn2)C(=O)C2CCCC2)ccc1OCc1ccccc1. The lowest BCUT2D eigenvalue weighted by Crippen LogP contribution is -2.36. The molecule has 33 heavy (non-hydrogen) atoms. The third kappa shape index (κ3) is 6.35. The fraction of sp³-hybridized carbons (Fsp3) is 0.357. The lowest BCUT2D eigenvalue weighted by Gasteiger charge is -2.26. The molecule has 2 aromatic carbocycles. The van der Waals surface area contributed by atoms with Gasteiger partial charge in [-0.2, -0.15) is 0 Å². The molecule has 1 amide bonds. The van der Waals surface area contributed by atoms with Gasteiger partial charge in [-0.15, -0.1) is 0 Å². The van der Waals surface area contributed by atoms with E-state index >= 15 is 0 Å². The van der Waals surface area contributed by atoms with Crippen LogP contribution in [0.2, 0.25) is 0 Å². The van der Waals surface area contributed by atoms with E-state index in [-0.39, 0.29) is 11.8 Å². The summed E-state index contributed by atoms with van der Waals surface area (Å²) in [6.45, 7) is 1.69. The summed E-state index contributed by atoms with van der Waals surface area (Å²) in [6.07, 6.45) is 6.83. The Morgan fingerprint density at radius 3 is 2.48 bits per heavy atom. The van der Waals surface area contributed by atoms with Gasteiger partial charge in [-0.25, -0.2) is 0 Å². The summed E-state index contributed by atoms with van der Waals surface area (Å²) < 4.78 is 11.6.